The smallest absolute Gasteiger partial charge is 0.0992 e. The third-order valence-electron chi connectivity index (χ3n) is 1.67. The maximum Gasteiger partial charge on any atom is 0.0992 e. The van der Waals surface area contributed by atoms with Crippen LogP contribution in [0.25, 0.3) is 6.08 Å². The highest BCUT2D eigenvalue weighted by Gasteiger charge is 1.97. The van der Waals surface area contributed by atoms with Crippen molar-refractivity contribution in [1.29, 1.82) is 5.26 Å². The van der Waals surface area contributed by atoms with Crippen molar-refractivity contribution in [2.75, 3.05) is 12.4 Å². The van der Waals surface area contributed by atoms with Crippen LogP contribution >= 0.6 is 0 Å². The maximum absolute atomic E-state index is 8.62. The summed E-state index contributed by atoms with van der Waals surface area (Å²) in [6, 6.07) is 7.53. The molecule has 0 heterocycles. The second-order valence-electron chi connectivity index (χ2n) is 2.37. The Labute approximate surface area is 72.1 Å². The van der Waals surface area contributed by atoms with E-state index in [1.165, 1.54) is 0 Å². The average molecular weight is 158 g/mol. The van der Waals surface area contributed by atoms with Gasteiger partial charge in [0, 0.05) is 12.7 Å². The Bertz CT molecular complexity index is 334. The molecule has 1 aromatic carbocycles. The number of nitrogens with zero attached hydrogens (tertiary/aromatic N) is 1. The lowest BCUT2D eigenvalue weighted by Gasteiger charge is -2.04. The zero-order valence-electron chi connectivity index (χ0n) is 6.96. The quantitative estimate of drug-likeness (QED) is 0.716. The monoisotopic (exact) mass is 158 g/mol. The van der Waals surface area contributed by atoms with Crippen LogP contribution in [0.4, 0.5) is 5.69 Å². The molecule has 0 aromatic heterocycles. The molecule has 2 nitrogen and oxygen atoms in total. The first-order valence-corrected chi connectivity index (χ1v) is 3.66. The van der Waals surface area contributed by atoms with Crippen molar-refractivity contribution in [2.45, 2.75) is 0 Å². The summed E-state index contributed by atoms with van der Waals surface area (Å²) < 4.78 is 0. The van der Waals surface area contributed by atoms with Gasteiger partial charge in [0.25, 0.3) is 0 Å². The van der Waals surface area contributed by atoms with E-state index in [-0.39, 0.29) is 0 Å². The summed E-state index contributed by atoms with van der Waals surface area (Å²) in [5, 5.41) is 11.6. The van der Waals surface area contributed by atoms with E-state index in [1.54, 1.807) is 18.2 Å². The molecule has 0 fully saturated rings. The predicted octanol–water partition coefficient (Wildman–Crippen LogP) is 2.24. The van der Waals surface area contributed by atoms with E-state index in [9.17, 15) is 0 Å². The van der Waals surface area contributed by atoms with Gasteiger partial charge >= 0.3 is 0 Å². The molecule has 0 unspecified atom stereocenters. The van der Waals surface area contributed by atoms with Gasteiger partial charge in [0.15, 0.2) is 0 Å². The summed E-state index contributed by atoms with van der Waals surface area (Å²) >= 11 is 0. The molecule has 60 valence electrons. The normalized spacial score (nSPS) is 8.67. The molecule has 0 saturated heterocycles. The fourth-order valence-electron chi connectivity index (χ4n) is 1.02. The summed E-state index contributed by atoms with van der Waals surface area (Å²) in [6.07, 6.45) is 1.76. The van der Waals surface area contributed by atoms with E-state index in [0.29, 0.717) is 5.56 Å². The van der Waals surface area contributed by atoms with E-state index in [1.807, 2.05) is 13.1 Å². The number of nitriles is 1. The highest BCUT2D eigenvalue weighted by molar-refractivity contribution is 5.67. The van der Waals surface area contributed by atoms with Crippen LogP contribution in [0, 0.1) is 11.3 Å². The minimum atomic E-state index is 0.657. The molecule has 12 heavy (non-hydrogen) atoms. The number of hydrogen-bond donors (Lipinski definition) is 1. The third-order valence-corrected chi connectivity index (χ3v) is 1.67. The third kappa shape index (κ3) is 1.46. The molecular weight excluding hydrogens is 148 g/mol. The fraction of sp³-hybridized carbons (Fsp3) is 0.100. The van der Waals surface area contributed by atoms with Crippen molar-refractivity contribution in [2.24, 2.45) is 0 Å². The van der Waals surface area contributed by atoms with Crippen LogP contribution in [0.1, 0.15) is 11.1 Å². The van der Waals surface area contributed by atoms with Gasteiger partial charge in [-0.05, 0) is 17.7 Å². The molecule has 0 bridgehead atoms. The highest BCUT2D eigenvalue weighted by Crippen LogP contribution is 2.17. The van der Waals surface area contributed by atoms with E-state index < -0.39 is 0 Å². The van der Waals surface area contributed by atoms with Gasteiger partial charge in [0.05, 0.1) is 11.6 Å². The van der Waals surface area contributed by atoms with Gasteiger partial charge < -0.3 is 5.32 Å². The summed E-state index contributed by atoms with van der Waals surface area (Å²) in [5.41, 5.74) is 2.60. The SMILES string of the molecule is C=Cc1ccc(C#N)cc1NC. The lowest BCUT2D eigenvalue weighted by atomic mass is 10.1. The maximum atomic E-state index is 8.62. The molecule has 0 atom stereocenters. The number of rotatable bonds is 2. The minimum Gasteiger partial charge on any atom is -0.388 e. The van der Waals surface area contributed by atoms with E-state index in [2.05, 4.69) is 18.0 Å². The van der Waals surface area contributed by atoms with Gasteiger partial charge in [0.1, 0.15) is 0 Å². The zero-order valence-corrected chi connectivity index (χ0v) is 6.96. The summed E-state index contributed by atoms with van der Waals surface area (Å²) in [6.45, 7) is 3.67. The van der Waals surface area contributed by atoms with Gasteiger partial charge in [0.2, 0.25) is 0 Å². The highest BCUT2D eigenvalue weighted by atomic mass is 14.8. The molecule has 2 heteroatoms. The number of benzene rings is 1. The minimum absolute atomic E-state index is 0.657. The fourth-order valence-corrected chi connectivity index (χ4v) is 1.02. The standard InChI is InChI=1S/C10H10N2/c1-3-9-5-4-8(7-11)6-10(9)12-2/h3-6,12H,1H2,2H3. The van der Waals surface area contributed by atoms with Crippen molar-refractivity contribution in [3.63, 3.8) is 0 Å². The molecule has 0 aliphatic heterocycles. The molecule has 0 radical (unpaired) electrons. The summed E-state index contributed by atoms with van der Waals surface area (Å²) in [5.74, 6) is 0. The molecule has 1 aromatic rings. The van der Waals surface area contributed by atoms with Crippen LogP contribution in [-0.2, 0) is 0 Å². The van der Waals surface area contributed by atoms with Crippen molar-refractivity contribution in [3.8, 4) is 6.07 Å². The van der Waals surface area contributed by atoms with E-state index >= 15 is 0 Å². The Morgan fingerprint density at radius 2 is 2.33 bits per heavy atom. The lowest BCUT2D eigenvalue weighted by molar-refractivity contribution is 1.45. The molecular formula is C10H10N2. The Morgan fingerprint density at radius 3 is 2.83 bits per heavy atom. The van der Waals surface area contributed by atoms with Crippen molar-refractivity contribution in [1.82, 2.24) is 0 Å². The molecule has 1 N–H and O–H groups in total. The van der Waals surface area contributed by atoms with Crippen molar-refractivity contribution >= 4 is 11.8 Å². The first-order valence-electron chi connectivity index (χ1n) is 3.66. The van der Waals surface area contributed by atoms with Crippen LogP contribution in [-0.4, -0.2) is 7.05 Å². The lowest BCUT2D eigenvalue weighted by Crippen LogP contribution is -1.91. The molecule has 0 aliphatic rings. The average Bonchev–Trinajstić information content (AvgIpc) is 2.16. The Balaban J connectivity index is 3.21. The van der Waals surface area contributed by atoms with Gasteiger partial charge in [-0.25, -0.2) is 0 Å². The second kappa shape index (κ2) is 3.59. The van der Waals surface area contributed by atoms with Crippen molar-refractivity contribution in [3.05, 3.63) is 35.9 Å². The molecule has 0 aliphatic carbocycles. The van der Waals surface area contributed by atoms with Crippen LogP contribution in [0.3, 0.4) is 0 Å². The zero-order chi connectivity index (χ0) is 8.97. The number of nitrogens with one attached hydrogen (secondary N) is 1. The summed E-state index contributed by atoms with van der Waals surface area (Å²) in [4.78, 5) is 0. The van der Waals surface area contributed by atoms with Crippen LogP contribution in [0.5, 0.6) is 0 Å². The topological polar surface area (TPSA) is 35.8 Å². The molecule has 0 saturated carbocycles. The van der Waals surface area contributed by atoms with Crippen molar-refractivity contribution < 1.29 is 0 Å². The molecule has 0 amide bonds. The van der Waals surface area contributed by atoms with Crippen LogP contribution in [0.2, 0.25) is 0 Å². The molecule has 1 rings (SSSR count). The number of anilines is 1. The molecule has 0 spiro atoms. The predicted molar refractivity (Wildman–Crippen MR) is 50.8 cm³/mol. The Kier molecular flexibility index (Phi) is 2.49. The van der Waals surface area contributed by atoms with Gasteiger partial charge in [-0.15, -0.1) is 0 Å². The van der Waals surface area contributed by atoms with Gasteiger partial charge in [-0.2, -0.15) is 5.26 Å². The first-order chi connectivity index (χ1) is 5.81. The van der Waals surface area contributed by atoms with Gasteiger partial charge in [-0.1, -0.05) is 18.7 Å². The second-order valence-corrected chi connectivity index (χ2v) is 2.37. The number of hydrogen-bond acceptors (Lipinski definition) is 2. The Hall–Kier alpha value is -1.75. The summed E-state index contributed by atoms with van der Waals surface area (Å²) in [7, 11) is 1.82. The van der Waals surface area contributed by atoms with Gasteiger partial charge in [-0.3, -0.25) is 0 Å². The van der Waals surface area contributed by atoms with E-state index in [4.69, 9.17) is 5.26 Å². The Morgan fingerprint density at radius 1 is 1.58 bits per heavy atom. The largest absolute Gasteiger partial charge is 0.388 e. The first kappa shape index (κ1) is 8.35. The van der Waals surface area contributed by atoms with Crippen LogP contribution < -0.4 is 5.32 Å². The van der Waals surface area contributed by atoms with E-state index in [0.717, 1.165) is 11.3 Å². The van der Waals surface area contributed by atoms with Crippen LogP contribution in [0.15, 0.2) is 24.8 Å².